The van der Waals surface area contributed by atoms with Crippen LogP contribution in [-0.4, -0.2) is 41.3 Å². The minimum atomic E-state index is 0.732. The number of anilines is 1. The molecular weight excluding hydrogens is 508 g/mol. The van der Waals surface area contributed by atoms with E-state index in [2.05, 4.69) is 29.1 Å². The minimum absolute atomic E-state index is 0.732. The van der Waals surface area contributed by atoms with Crippen LogP contribution in [0.2, 0.25) is 0 Å². The van der Waals surface area contributed by atoms with Crippen LogP contribution in [0.1, 0.15) is 0 Å². The lowest BCUT2D eigenvalue weighted by Crippen LogP contribution is -2.08. The third kappa shape index (κ3) is 6.09. The molecule has 0 unspecified atom stereocenters. The van der Waals surface area contributed by atoms with Crippen molar-refractivity contribution in [3.63, 3.8) is 0 Å². The number of para-hydroxylation sites is 1. The Morgan fingerprint density at radius 2 is 1.34 bits per heavy atom. The van der Waals surface area contributed by atoms with Crippen LogP contribution < -0.4 is 14.4 Å². The Kier molecular flexibility index (Phi) is 7.14. The fourth-order valence-electron chi connectivity index (χ4n) is 4.56. The summed E-state index contributed by atoms with van der Waals surface area (Å²) in [5.41, 5.74) is 5.91. The standard InChI is InChI=1S/C35H30N4O2/c1-37(2)30-19-28(21-34(24-30)41-33-14-8-10-29(23-33)39-18-17-38(3)25-39)35-22-27(15-16-36-35)26-9-7-13-32(20-26)40-31-11-5-4-6-12-31/h4-24H,1-3H3/q+2. The van der Waals surface area contributed by atoms with Gasteiger partial charge in [-0.2, -0.15) is 0 Å². The van der Waals surface area contributed by atoms with Gasteiger partial charge < -0.3 is 14.4 Å². The molecule has 6 nitrogen and oxygen atoms in total. The normalized spacial score (nSPS) is 12.1. The van der Waals surface area contributed by atoms with E-state index in [0.29, 0.717) is 0 Å². The number of hydrogen-bond donors (Lipinski definition) is 0. The summed E-state index contributed by atoms with van der Waals surface area (Å²) in [4.78, 5) is 6.78. The predicted molar refractivity (Wildman–Crippen MR) is 163 cm³/mol. The van der Waals surface area contributed by atoms with Crippen LogP contribution in [0.5, 0.6) is 23.0 Å². The maximum absolute atomic E-state index is 6.38. The molecule has 1 aliphatic rings. The minimum Gasteiger partial charge on any atom is -0.457 e. The van der Waals surface area contributed by atoms with E-state index in [9.17, 15) is 0 Å². The van der Waals surface area contributed by atoms with E-state index in [0.717, 1.165) is 56.8 Å². The highest BCUT2D eigenvalue weighted by atomic mass is 16.5. The van der Waals surface area contributed by atoms with E-state index in [1.54, 1.807) is 0 Å². The molecule has 2 heterocycles. The zero-order valence-corrected chi connectivity index (χ0v) is 23.2. The van der Waals surface area contributed by atoms with E-state index >= 15 is 0 Å². The largest absolute Gasteiger partial charge is 0.495 e. The van der Waals surface area contributed by atoms with Crippen molar-refractivity contribution in [3.05, 3.63) is 128 Å². The third-order valence-electron chi connectivity index (χ3n) is 6.65. The Labute approximate surface area is 240 Å². The Bertz CT molecular complexity index is 1820. The lowest BCUT2D eigenvalue weighted by Gasteiger charge is -2.17. The SMILES string of the molecule is CN(C)c1cc(Oc2cccc([N+]3=C=[N+](C)C=C3)c2)cc(-c2cc(-c3cccc(Oc4ccccc4)c3)ccn2)c1. The van der Waals surface area contributed by atoms with Gasteiger partial charge in [-0.15, -0.1) is 0 Å². The summed E-state index contributed by atoms with van der Waals surface area (Å²) in [5, 5.41) is 0. The molecule has 0 saturated heterocycles. The lowest BCUT2D eigenvalue weighted by molar-refractivity contribution is -0.429. The van der Waals surface area contributed by atoms with Gasteiger partial charge in [0, 0.05) is 43.7 Å². The molecule has 41 heavy (non-hydrogen) atoms. The molecule has 0 bridgehead atoms. The first-order valence-corrected chi connectivity index (χ1v) is 13.4. The number of rotatable bonds is 8. The van der Waals surface area contributed by atoms with Crippen molar-refractivity contribution in [2.45, 2.75) is 0 Å². The quantitative estimate of drug-likeness (QED) is 0.188. The number of benzene rings is 4. The highest BCUT2D eigenvalue weighted by molar-refractivity contribution is 5.74. The van der Waals surface area contributed by atoms with Gasteiger partial charge in [0.05, 0.1) is 11.8 Å². The van der Waals surface area contributed by atoms with Crippen molar-refractivity contribution in [1.29, 1.82) is 0 Å². The molecule has 0 spiro atoms. The molecule has 0 N–H and O–H groups in total. The van der Waals surface area contributed by atoms with Crippen LogP contribution in [0.25, 0.3) is 22.4 Å². The fourth-order valence-corrected chi connectivity index (χ4v) is 4.56. The zero-order chi connectivity index (χ0) is 28.2. The summed E-state index contributed by atoms with van der Waals surface area (Å²) < 4.78 is 16.3. The van der Waals surface area contributed by atoms with Crippen molar-refractivity contribution in [2.24, 2.45) is 0 Å². The Balaban J connectivity index is 1.31. The molecule has 0 aliphatic carbocycles. The first-order chi connectivity index (χ1) is 20.0. The van der Waals surface area contributed by atoms with E-state index in [4.69, 9.17) is 14.5 Å². The van der Waals surface area contributed by atoms with Gasteiger partial charge in [0.2, 0.25) is 11.9 Å². The maximum atomic E-state index is 6.38. The van der Waals surface area contributed by atoms with Gasteiger partial charge in [-0.05, 0) is 65.7 Å². The van der Waals surface area contributed by atoms with E-state index in [-0.39, 0.29) is 0 Å². The Morgan fingerprint density at radius 3 is 2.12 bits per heavy atom. The molecule has 0 fully saturated rings. The van der Waals surface area contributed by atoms with Gasteiger partial charge in [0.1, 0.15) is 23.0 Å². The highest BCUT2D eigenvalue weighted by Crippen LogP contribution is 2.35. The summed E-state index contributed by atoms with van der Waals surface area (Å²) in [6, 6.07) is 39.4. The van der Waals surface area contributed by atoms with Crippen LogP contribution in [-0.2, 0) is 0 Å². The van der Waals surface area contributed by atoms with Crippen LogP contribution in [0.4, 0.5) is 11.4 Å². The number of aromatic nitrogens is 1. The average Bonchev–Trinajstić information content (AvgIpc) is 3.44. The number of pyridine rings is 1. The second kappa shape index (κ2) is 11.3. The Hall–Kier alpha value is -5.45. The lowest BCUT2D eigenvalue weighted by atomic mass is 10.0. The molecule has 6 heteroatoms. The average molecular weight is 539 g/mol. The van der Waals surface area contributed by atoms with Gasteiger partial charge >= 0.3 is 6.01 Å². The first-order valence-electron chi connectivity index (χ1n) is 13.4. The summed E-state index contributed by atoms with van der Waals surface area (Å²) in [6.45, 7) is 0. The van der Waals surface area contributed by atoms with Crippen molar-refractivity contribution in [2.75, 3.05) is 26.0 Å². The Morgan fingerprint density at radius 1 is 0.634 bits per heavy atom. The van der Waals surface area contributed by atoms with Crippen molar-refractivity contribution in [1.82, 2.24) is 4.98 Å². The molecule has 0 radical (unpaired) electrons. The van der Waals surface area contributed by atoms with E-state index < -0.39 is 0 Å². The highest BCUT2D eigenvalue weighted by Gasteiger charge is 2.17. The summed E-state index contributed by atoms with van der Waals surface area (Å²) in [7, 11) is 5.99. The molecule has 0 amide bonds. The molecule has 5 aromatic rings. The molecule has 6 rings (SSSR count). The van der Waals surface area contributed by atoms with E-state index in [1.807, 2.05) is 140 Å². The molecule has 1 aliphatic heterocycles. The third-order valence-corrected chi connectivity index (χ3v) is 6.65. The van der Waals surface area contributed by atoms with Gasteiger partial charge in [0.25, 0.3) is 6.20 Å². The summed E-state index contributed by atoms with van der Waals surface area (Å²) in [6.07, 6.45) is 5.76. The van der Waals surface area contributed by atoms with Crippen LogP contribution in [0, 0.1) is 0 Å². The van der Waals surface area contributed by atoms with Crippen LogP contribution >= 0.6 is 0 Å². The van der Waals surface area contributed by atoms with Crippen molar-refractivity contribution >= 4 is 17.4 Å². The van der Waals surface area contributed by atoms with E-state index in [1.165, 1.54) is 0 Å². The second-order valence-electron chi connectivity index (χ2n) is 9.96. The number of hydrogen-bond acceptors (Lipinski definition) is 4. The molecule has 0 saturated carbocycles. The topological polar surface area (TPSA) is 40.6 Å². The molecule has 1 aromatic heterocycles. The van der Waals surface area contributed by atoms with Crippen molar-refractivity contribution < 1.29 is 18.6 Å². The van der Waals surface area contributed by atoms with Gasteiger partial charge in [-0.1, -0.05) is 45.5 Å². The fraction of sp³-hybridized carbons (Fsp3) is 0.0857. The predicted octanol–water partition coefficient (Wildman–Crippen LogP) is 8.01. The maximum Gasteiger partial charge on any atom is 0.495 e. The smallest absolute Gasteiger partial charge is 0.457 e. The van der Waals surface area contributed by atoms with Gasteiger partial charge in [-0.3, -0.25) is 4.98 Å². The number of ether oxygens (including phenoxy) is 2. The zero-order valence-electron chi connectivity index (χ0n) is 23.2. The molecule has 0 atom stereocenters. The summed E-state index contributed by atoms with van der Waals surface area (Å²) >= 11 is 0. The first kappa shape index (κ1) is 25.8. The molecule has 4 aromatic carbocycles. The monoisotopic (exact) mass is 538 g/mol. The van der Waals surface area contributed by atoms with Crippen LogP contribution in [0.15, 0.2) is 128 Å². The molecular formula is C35H30N4O2+2. The van der Waals surface area contributed by atoms with Gasteiger partial charge in [-0.25, -0.2) is 0 Å². The second-order valence-corrected chi connectivity index (χ2v) is 9.96. The number of nitrogens with zero attached hydrogens (tertiary/aromatic N) is 4. The van der Waals surface area contributed by atoms with Crippen molar-refractivity contribution in [3.8, 4) is 45.4 Å². The van der Waals surface area contributed by atoms with Gasteiger partial charge in [0.15, 0.2) is 7.05 Å². The molecule has 200 valence electrons. The van der Waals surface area contributed by atoms with Crippen LogP contribution in [0.3, 0.4) is 0 Å². The summed E-state index contributed by atoms with van der Waals surface area (Å²) in [5.74, 6) is 3.06.